The minimum absolute atomic E-state index is 0.102. The number of carbonyl (C=O) groups is 1. The molecule has 1 aliphatic heterocycles. The topological polar surface area (TPSA) is 103 Å². The second-order valence-electron chi connectivity index (χ2n) is 6.21. The normalized spacial score (nSPS) is 15.6. The molecule has 0 radical (unpaired) electrons. The Balaban J connectivity index is 2.15. The molecular weight excluding hydrogens is 382 g/mol. The van der Waals surface area contributed by atoms with Gasteiger partial charge in [0.2, 0.25) is 11.7 Å². The van der Waals surface area contributed by atoms with Gasteiger partial charge in [-0.2, -0.15) is 0 Å². The minimum Gasteiger partial charge on any atom is -0.493 e. The lowest BCUT2D eigenvalue weighted by Crippen LogP contribution is -2.31. The Bertz CT molecular complexity index is 944. The second kappa shape index (κ2) is 8.55. The van der Waals surface area contributed by atoms with Gasteiger partial charge in [-0.3, -0.25) is 9.59 Å². The number of nitrogens with one attached hydrogen (secondary N) is 2. The molecule has 0 saturated carbocycles. The van der Waals surface area contributed by atoms with Crippen LogP contribution in [0.5, 0.6) is 17.2 Å². The Labute approximate surface area is 167 Å². The Morgan fingerprint density at radius 3 is 2.54 bits per heavy atom. The Morgan fingerprint density at radius 2 is 1.89 bits per heavy atom. The largest absolute Gasteiger partial charge is 0.493 e. The highest BCUT2D eigenvalue weighted by Gasteiger charge is 2.34. The molecule has 0 spiro atoms. The molecule has 1 aromatic carbocycles. The van der Waals surface area contributed by atoms with Crippen LogP contribution in [0.3, 0.4) is 0 Å². The standard InChI is InChI=1S/C19H23N3O5S/c1-5-8-28-19-21-17-14(18(24)22-19)11(9-13(23)20-17)10-6-7-12(25-2)16(27-4)15(10)26-3/h6-7,11H,5,8-9H2,1-4H3,(H2,20,21,22,23,24). The van der Waals surface area contributed by atoms with Gasteiger partial charge in [-0.1, -0.05) is 24.8 Å². The second-order valence-corrected chi connectivity index (χ2v) is 7.29. The maximum atomic E-state index is 12.9. The van der Waals surface area contributed by atoms with Crippen LogP contribution in [0, 0.1) is 0 Å². The predicted molar refractivity (Wildman–Crippen MR) is 107 cm³/mol. The van der Waals surface area contributed by atoms with Gasteiger partial charge >= 0.3 is 0 Å². The number of nitrogens with zero attached hydrogens (tertiary/aromatic N) is 1. The molecule has 28 heavy (non-hydrogen) atoms. The molecule has 2 aromatic rings. The Morgan fingerprint density at radius 1 is 1.14 bits per heavy atom. The van der Waals surface area contributed by atoms with Crippen LogP contribution in [0.2, 0.25) is 0 Å². The molecule has 150 valence electrons. The van der Waals surface area contributed by atoms with Gasteiger partial charge in [-0.25, -0.2) is 4.98 Å². The summed E-state index contributed by atoms with van der Waals surface area (Å²) in [6, 6.07) is 3.52. The predicted octanol–water partition coefficient (Wildman–Crippen LogP) is 2.77. The number of thioether (sulfide) groups is 1. The number of aromatic nitrogens is 2. The smallest absolute Gasteiger partial charge is 0.257 e. The zero-order valence-electron chi connectivity index (χ0n) is 16.3. The van der Waals surface area contributed by atoms with E-state index in [1.165, 1.54) is 33.1 Å². The van der Waals surface area contributed by atoms with Gasteiger partial charge in [0.15, 0.2) is 16.7 Å². The third-order valence-electron chi connectivity index (χ3n) is 4.48. The summed E-state index contributed by atoms with van der Waals surface area (Å²) >= 11 is 1.45. The lowest BCUT2D eigenvalue weighted by molar-refractivity contribution is -0.116. The summed E-state index contributed by atoms with van der Waals surface area (Å²) in [5.74, 6) is 1.73. The highest BCUT2D eigenvalue weighted by Crippen LogP contribution is 2.46. The van der Waals surface area contributed by atoms with Crippen LogP contribution >= 0.6 is 11.8 Å². The zero-order chi connectivity index (χ0) is 20.3. The summed E-state index contributed by atoms with van der Waals surface area (Å²) in [5, 5.41) is 3.22. The van der Waals surface area contributed by atoms with Gasteiger partial charge in [0.25, 0.3) is 5.56 Å². The summed E-state index contributed by atoms with van der Waals surface area (Å²) in [6.45, 7) is 2.05. The van der Waals surface area contributed by atoms with Crippen molar-refractivity contribution in [2.75, 3.05) is 32.4 Å². The van der Waals surface area contributed by atoms with Crippen molar-refractivity contribution in [1.29, 1.82) is 0 Å². The van der Waals surface area contributed by atoms with Gasteiger partial charge in [0.05, 0.1) is 26.9 Å². The van der Waals surface area contributed by atoms with Gasteiger partial charge in [0, 0.05) is 23.7 Å². The van der Waals surface area contributed by atoms with E-state index in [0.717, 1.165) is 12.2 Å². The maximum absolute atomic E-state index is 12.9. The van der Waals surface area contributed by atoms with Gasteiger partial charge in [-0.15, -0.1) is 0 Å². The molecular formula is C19H23N3O5S. The Hall–Kier alpha value is -2.68. The highest BCUT2D eigenvalue weighted by atomic mass is 32.2. The molecule has 0 bridgehead atoms. The summed E-state index contributed by atoms with van der Waals surface area (Å²) < 4.78 is 16.3. The van der Waals surface area contributed by atoms with Crippen molar-refractivity contribution in [3.63, 3.8) is 0 Å². The van der Waals surface area contributed by atoms with Gasteiger partial charge in [-0.05, 0) is 12.5 Å². The number of ether oxygens (including phenoxy) is 3. The molecule has 0 saturated heterocycles. The first-order valence-corrected chi connectivity index (χ1v) is 9.88. The van der Waals surface area contributed by atoms with Crippen molar-refractivity contribution in [1.82, 2.24) is 9.97 Å². The molecule has 0 aliphatic carbocycles. The van der Waals surface area contributed by atoms with Gasteiger partial charge < -0.3 is 24.5 Å². The van der Waals surface area contributed by atoms with E-state index in [0.29, 0.717) is 39.3 Å². The van der Waals surface area contributed by atoms with Crippen LogP contribution in [-0.4, -0.2) is 43.0 Å². The average Bonchev–Trinajstić information content (AvgIpc) is 2.69. The van der Waals surface area contributed by atoms with Crippen molar-refractivity contribution in [3.05, 3.63) is 33.6 Å². The number of rotatable bonds is 7. The molecule has 1 amide bonds. The number of hydrogen-bond acceptors (Lipinski definition) is 7. The first kappa shape index (κ1) is 20.1. The maximum Gasteiger partial charge on any atom is 0.257 e. The average molecular weight is 405 g/mol. The SMILES string of the molecule is CCCSc1nc2c(c(=O)[nH]1)C(c1ccc(OC)c(OC)c1OC)CC(=O)N2. The molecule has 2 N–H and O–H groups in total. The number of H-pyrrole nitrogens is 1. The van der Waals surface area contributed by atoms with Crippen LogP contribution < -0.4 is 25.1 Å². The van der Waals surface area contributed by atoms with Crippen LogP contribution in [0.1, 0.15) is 36.8 Å². The van der Waals surface area contributed by atoms with Crippen LogP contribution in [0.25, 0.3) is 0 Å². The van der Waals surface area contributed by atoms with Crippen LogP contribution in [0.15, 0.2) is 22.1 Å². The van der Waals surface area contributed by atoms with E-state index >= 15 is 0 Å². The molecule has 1 unspecified atom stereocenters. The van der Waals surface area contributed by atoms with E-state index in [9.17, 15) is 9.59 Å². The van der Waals surface area contributed by atoms with Crippen molar-refractivity contribution in [2.45, 2.75) is 30.8 Å². The number of anilines is 1. The van der Waals surface area contributed by atoms with E-state index in [1.807, 2.05) is 6.92 Å². The van der Waals surface area contributed by atoms with Crippen molar-refractivity contribution in [2.24, 2.45) is 0 Å². The molecule has 2 heterocycles. The zero-order valence-corrected chi connectivity index (χ0v) is 17.1. The quantitative estimate of drug-likeness (QED) is 0.539. The lowest BCUT2D eigenvalue weighted by atomic mass is 9.86. The van der Waals surface area contributed by atoms with E-state index in [2.05, 4.69) is 15.3 Å². The Kier molecular flexibility index (Phi) is 6.13. The fraction of sp³-hybridized carbons (Fsp3) is 0.421. The number of benzene rings is 1. The fourth-order valence-corrected chi connectivity index (χ4v) is 4.00. The first-order valence-electron chi connectivity index (χ1n) is 8.89. The van der Waals surface area contributed by atoms with Crippen molar-refractivity contribution in [3.8, 4) is 17.2 Å². The summed E-state index contributed by atoms with van der Waals surface area (Å²) in [4.78, 5) is 32.5. The number of amides is 1. The molecule has 1 aliphatic rings. The van der Waals surface area contributed by atoms with Gasteiger partial charge in [0.1, 0.15) is 5.82 Å². The highest BCUT2D eigenvalue weighted by molar-refractivity contribution is 7.99. The fourth-order valence-electron chi connectivity index (χ4n) is 3.28. The summed E-state index contributed by atoms with van der Waals surface area (Å²) in [5.41, 5.74) is 0.800. The van der Waals surface area contributed by atoms with Crippen LogP contribution in [0.4, 0.5) is 5.82 Å². The molecule has 9 heteroatoms. The third-order valence-corrected chi connectivity index (χ3v) is 5.56. The number of fused-ring (bicyclic) bond motifs is 1. The number of hydrogen-bond donors (Lipinski definition) is 2. The molecule has 1 aromatic heterocycles. The first-order chi connectivity index (χ1) is 13.5. The number of carbonyl (C=O) groups excluding carboxylic acids is 1. The molecule has 1 atom stereocenters. The van der Waals surface area contributed by atoms with E-state index in [4.69, 9.17) is 14.2 Å². The van der Waals surface area contributed by atoms with E-state index in [1.54, 1.807) is 12.1 Å². The minimum atomic E-state index is -0.514. The van der Waals surface area contributed by atoms with Crippen LogP contribution in [-0.2, 0) is 4.79 Å². The molecule has 8 nitrogen and oxygen atoms in total. The van der Waals surface area contributed by atoms with E-state index in [-0.39, 0.29) is 17.9 Å². The van der Waals surface area contributed by atoms with Crippen molar-refractivity contribution < 1.29 is 19.0 Å². The van der Waals surface area contributed by atoms with E-state index < -0.39 is 5.92 Å². The number of aromatic amines is 1. The molecule has 3 rings (SSSR count). The molecule has 0 fully saturated rings. The summed E-state index contributed by atoms with van der Waals surface area (Å²) in [6.07, 6.45) is 1.05. The lowest BCUT2D eigenvalue weighted by Gasteiger charge is -2.26. The van der Waals surface area contributed by atoms with Crippen molar-refractivity contribution >= 4 is 23.5 Å². The summed E-state index contributed by atoms with van der Waals surface area (Å²) in [7, 11) is 4.55. The number of methoxy groups -OCH3 is 3. The monoisotopic (exact) mass is 405 g/mol. The third kappa shape index (κ3) is 3.66.